The Morgan fingerprint density at radius 3 is 2.29 bits per heavy atom. The third kappa shape index (κ3) is 5.09. The largest absolute Gasteiger partial charge is 0.504 e. The van der Waals surface area contributed by atoms with Gasteiger partial charge in [-0.25, -0.2) is 0 Å². The Morgan fingerprint density at radius 2 is 1.82 bits per heavy atom. The minimum atomic E-state index is -0.0535. The summed E-state index contributed by atoms with van der Waals surface area (Å²) in [5.41, 5.74) is 1.09. The summed E-state index contributed by atoms with van der Waals surface area (Å²) in [5.74, 6) is 0.349. The highest BCUT2D eigenvalue weighted by molar-refractivity contribution is 5.41. The molecule has 3 nitrogen and oxygen atoms in total. The average Bonchev–Trinajstić information content (AvgIpc) is 2.37. The summed E-state index contributed by atoms with van der Waals surface area (Å²) in [7, 11) is 1.93. The number of phenols is 2. The first-order chi connectivity index (χ1) is 8.19. The molecule has 17 heavy (non-hydrogen) atoms. The van der Waals surface area contributed by atoms with Gasteiger partial charge in [0, 0.05) is 0 Å². The van der Waals surface area contributed by atoms with Crippen LogP contribution in [0.1, 0.15) is 45.1 Å². The van der Waals surface area contributed by atoms with E-state index in [0.717, 1.165) is 24.9 Å². The zero-order valence-electron chi connectivity index (χ0n) is 11.3. The molecule has 0 aliphatic carbocycles. The molecule has 0 fully saturated rings. The topological polar surface area (TPSA) is 52.5 Å². The smallest absolute Gasteiger partial charge is 0.157 e. The van der Waals surface area contributed by atoms with Gasteiger partial charge >= 0.3 is 0 Å². The Kier molecular flexibility index (Phi) is 8.24. The van der Waals surface area contributed by atoms with Gasteiger partial charge in [-0.2, -0.15) is 0 Å². The summed E-state index contributed by atoms with van der Waals surface area (Å²) in [6.45, 7) is 7.09. The minimum Gasteiger partial charge on any atom is -0.504 e. The monoisotopic (exact) mass is 239 g/mol. The molecule has 0 aliphatic heterocycles. The first-order valence-electron chi connectivity index (χ1n) is 6.35. The van der Waals surface area contributed by atoms with Gasteiger partial charge in [0.25, 0.3) is 0 Å². The zero-order chi connectivity index (χ0) is 13.3. The summed E-state index contributed by atoms with van der Waals surface area (Å²) in [6, 6.07) is 5.07. The molecule has 0 saturated heterocycles. The van der Waals surface area contributed by atoms with Crippen LogP contribution in [0.3, 0.4) is 0 Å². The first-order valence-corrected chi connectivity index (χ1v) is 6.35. The molecule has 0 aromatic heterocycles. The highest BCUT2D eigenvalue weighted by Gasteiger charge is 2.10. The van der Waals surface area contributed by atoms with Crippen LogP contribution in [0.25, 0.3) is 0 Å². The first kappa shape index (κ1) is 15.8. The molecule has 0 saturated carbocycles. The van der Waals surface area contributed by atoms with Crippen molar-refractivity contribution in [3.05, 3.63) is 23.8 Å². The van der Waals surface area contributed by atoms with Gasteiger partial charge in [-0.1, -0.05) is 26.8 Å². The third-order valence-corrected chi connectivity index (χ3v) is 2.71. The number of benzene rings is 1. The molecule has 3 heteroatoms. The van der Waals surface area contributed by atoms with Crippen molar-refractivity contribution < 1.29 is 10.2 Å². The molecule has 0 heterocycles. The predicted octanol–water partition coefficient (Wildman–Crippen LogP) is 3.23. The number of hydrogen-bond donors (Lipinski definition) is 3. The van der Waals surface area contributed by atoms with Crippen LogP contribution in [-0.4, -0.2) is 23.8 Å². The lowest BCUT2D eigenvalue weighted by Crippen LogP contribution is -2.11. The Balaban J connectivity index is 0.00000121. The van der Waals surface area contributed by atoms with Crippen LogP contribution in [-0.2, 0) is 0 Å². The van der Waals surface area contributed by atoms with Crippen molar-refractivity contribution in [1.82, 2.24) is 5.32 Å². The standard InChI is InChI=1S/C12H19NO2.C2H6/c1-3-9(6-7-13-2)10-4-5-11(14)12(15)8-10;1-2/h4-5,8-9,13-15H,3,6-7H2,1-2H3;1-2H3. The molecule has 3 N–H and O–H groups in total. The van der Waals surface area contributed by atoms with E-state index in [2.05, 4.69) is 12.2 Å². The highest BCUT2D eigenvalue weighted by atomic mass is 16.3. The van der Waals surface area contributed by atoms with Gasteiger partial charge in [-0.3, -0.25) is 0 Å². The highest BCUT2D eigenvalue weighted by Crippen LogP contribution is 2.31. The normalized spacial score (nSPS) is 11.5. The SMILES string of the molecule is CC.CCC(CCNC)c1ccc(O)c(O)c1. The molecule has 0 radical (unpaired) electrons. The van der Waals surface area contributed by atoms with Gasteiger partial charge in [0.15, 0.2) is 11.5 Å². The Morgan fingerprint density at radius 1 is 1.18 bits per heavy atom. The maximum absolute atomic E-state index is 9.40. The quantitative estimate of drug-likeness (QED) is 0.691. The molecule has 1 unspecified atom stereocenters. The Hall–Kier alpha value is -1.22. The lowest BCUT2D eigenvalue weighted by molar-refractivity contribution is 0.402. The van der Waals surface area contributed by atoms with Crippen molar-refractivity contribution in [2.24, 2.45) is 0 Å². The van der Waals surface area contributed by atoms with E-state index >= 15 is 0 Å². The predicted molar refractivity (Wildman–Crippen MR) is 72.7 cm³/mol. The Bertz CT molecular complexity index is 313. The van der Waals surface area contributed by atoms with E-state index in [1.54, 1.807) is 12.1 Å². The maximum atomic E-state index is 9.40. The van der Waals surface area contributed by atoms with Gasteiger partial charge in [0.1, 0.15) is 0 Å². The molecule has 1 aromatic carbocycles. The summed E-state index contributed by atoms with van der Waals surface area (Å²) < 4.78 is 0. The lowest BCUT2D eigenvalue weighted by Gasteiger charge is -2.15. The van der Waals surface area contributed by atoms with Crippen molar-refractivity contribution in [3.63, 3.8) is 0 Å². The molecule has 0 spiro atoms. The van der Waals surface area contributed by atoms with Gasteiger partial charge in [0.05, 0.1) is 0 Å². The fourth-order valence-corrected chi connectivity index (χ4v) is 1.72. The van der Waals surface area contributed by atoms with Crippen molar-refractivity contribution in [2.75, 3.05) is 13.6 Å². The zero-order valence-corrected chi connectivity index (χ0v) is 11.3. The molecule has 0 bridgehead atoms. The molecule has 1 atom stereocenters. The molecular weight excluding hydrogens is 214 g/mol. The van der Waals surface area contributed by atoms with Crippen LogP contribution >= 0.6 is 0 Å². The third-order valence-electron chi connectivity index (χ3n) is 2.71. The van der Waals surface area contributed by atoms with Crippen LogP contribution in [0.15, 0.2) is 18.2 Å². The van der Waals surface area contributed by atoms with E-state index in [9.17, 15) is 10.2 Å². The van der Waals surface area contributed by atoms with Crippen LogP contribution in [0.4, 0.5) is 0 Å². The number of nitrogens with one attached hydrogen (secondary N) is 1. The fourth-order valence-electron chi connectivity index (χ4n) is 1.72. The summed E-state index contributed by atoms with van der Waals surface area (Å²) >= 11 is 0. The van der Waals surface area contributed by atoms with Crippen LogP contribution < -0.4 is 5.32 Å². The summed E-state index contributed by atoms with van der Waals surface area (Å²) in [5, 5.41) is 21.7. The summed E-state index contributed by atoms with van der Waals surface area (Å²) in [6.07, 6.45) is 2.07. The molecular formula is C14H25NO2. The van der Waals surface area contributed by atoms with E-state index in [1.165, 1.54) is 0 Å². The average molecular weight is 239 g/mol. The molecule has 1 aromatic rings. The molecule has 98 valence electrons. The lowest BCUT2D eigenvalue weighted by atomic mass is 9.93. The number of aromatic hydroxyl groups is 2. The number of phenolic OH excluding ortho intramolecular Hbond substituents is 2. The van der Waals surface area contributed by atoms with Crippen LogP contribution in [0.5, 0.6) is 11.5 Å². The van der Waals surface area contributed by atoms with E-state index < -0.39 is 0 Å². The minimum absolute atomic E-state index is 0.0320. The summed E-state index contributed by atoms with van der Waals surface area (Å²) in [4.78, 5) is 0. The van der Waals surface area contributed by atoms with Crippen molar-refractivity contribution in [2.45, 2.75) is 39.5 Å². The second-order valence-electron chi connectivity index (χ2n) is 3.75. The van der Waals surface area contributed by atoms with E-state index in [1.807, 2.05) is 27.0 Å². The maximum Gasteiger partial charge on any atom is 0.157 e. The Labute approximate surface area is 104 Å². The van der Waals surface area contributed by atoms with Gasteiger partial charge < -0.3 is 15.5 Å². The molecule has 1 rings (SSSR count). The number of rotatable bonds is 5. The van der Waals surface area contributed by atoms with Gasteiger partial charge in [-0.15, -0.1) is 0 Å². The van der Waals surface area contributed by atoms with Gasteiger partial charge in [-0.05, 0) is 50.0 Å². The van der Waals surface area contributed by atoms with E-state index in [4.69, 9.17) is 0 Å². The van der Waals surface area contributed by atoms with Crippen molar-refractivity contribution in [3.8, 4) is 11.5 Å². The van der Waals surface area contributed by atoms with Crippen molar-refractivity contribution >= 4 is 0 Å². The van der Waals surface area contributed by atoms with E-state index in [0.29, 0.717) is 5.92 Å². The van der Waals surface area contributed by atoms with Crippen LogP contribution in [0, 0.1) is 0 Å². The van der Waals surface area contributed by atoms with E-state index in [-0.39, 0.29) is 11.5 Å². The van der Waals surface area contributed by atoms with Crippen molar-refractivity contribution in [1.29, 1.82) is 0 Å². The molecule has 0 aliphatic rings. The number of hydrogen-bond acceptors (Lipinski definition) is 3. The second-order valence-corrected chi connectivity index (χ2v) is 3.75. The fraction of sp³-hybridized carbons (Fsp3) is 0.571. The second kappa shape index (κ2) is 8.88. The van der Waals surface area contributed by atoms with Gasteiger partial charge in [0.2, 0.25) is 0 Å². The molecule has 0 amide bonds. The van der Waals surface area contributed by atoms with Crippen LogP contribution in [0.2, 0.25) is 0 Å².